The Hall–Kier alpha value is -2.29. The van der Waals surface area contributed by atoms with Crippen LogP contribution in [0.25, 0.3) is 0 Å². The van der Waals surface area contributed by atoms with Crippen molar-refractivity contribution in [2.75, 3.05) is 12.3 Å². The van der Waals surface area contributed by atoms with Crippen molar-refractivity contribution in [2.24, 2.45) is 0 Å². The van der Waals surface area contributed by atoms with E-state index in [2.05, 4.69) is 12.1 Å². The van der Waals surface area contributed by atoms with E-state index >= 15 is 0 Å². The molecule has 1 heterocycles. The molecule has 0 bridgehead atoms. The van der Waals surface area contributed by atoms with E-state index in [0.29, 0.717) is 13.0 Å². The summed E-state index contributed by atoms with van der Waals surface area (Å²) in [5.74, 6) is 0.237. The fraction of sp³-hybridized carbons (Fsp3) is 0.278. The first-order valence-electron chi connectivity index (χ1n) is 7.41. The minimum Gasteiger partial charge on any atom is -0.399 e. The number of hydrogen-bond acceptors (Lipinski definition) is 2. The minimum absolute atomic E-state index is 0.237. The summed E-state index contributed by atoms with van der Waals surface area (Å²) in [7, 11) is 0. The number of aryl methyl sites for hydroxylation is 1. The molecule has 0 fully saturated rings. The van der Waals surface area contributed by atoms with Crippen LogP contribution in [0.4, 0.5) is 5.69 Å². The molecule has 3 nitrogen and oxygen atoms in total. The third kappa shape index (κ3) is 3.24. The number of carbonyl (C=O) groups excluding carboxylic acids is 1. The van der Waals surface area contributed by atoms with E-state index in [9.17, 15) is 4.79 Å². The molecule has 2 aromatic rings. The summed E-state index contributed by atoms with van der Waals surface area (Å²) in [5.41, 5.74) is 10.3. The van der Waals surface area contributed by atoms with Gasteiger partial charge >= 0.3 is 0 Å². The normalized spacial score (nSPS) is 13.8. The lowest BCUT2D eigenvalue weighted by atomic mass is 9.98. The van der Waals surface area contributed by atoms with Gasteiger partial charge in [-0.15, -0.1) is 0 Å². The molecule has 1 aliphatic heterocycles. The largest absolute Gasteiger partial charge is 0.399 e. The first kappa shape index (κ1) is 13.7. The van der Waals surface area contributed by atoms with Gasteiger partial charge in [0, 0.05) is 25.2 Å². The highest BCUT2D eigenvalue weighted by Gasteiger charge is 2.20. The average molecular weight is 280 g/mol. The topological polar surface area (TPSA) is 46.3 Å². The summed E-state index contributed by atoms with van der Waals surface area (Å²) >= 11 is 0. The van der Waals surface area contributed by atoms with Crippen molar-refractivity contribution >= 4 is 11.6 Å². The summed E-state index contributed by atoms with van der Waals surface area (Å²) in [4.78, 5) is 14.3. The molecule has 0 saturated carbocycles. The molecular weight excluding hydrogens is 260 g/mol. The molecule has 3 heteroatoms. The molecule has 0 aliphatic carbocycles. The summed E-state index contributed by atoms with van der Waals surface area (Å²) in [5, 5.41) is 0. The maximum atomic E-state index is 12.3. The highest BCUT2D eigenvalue weighted by atomic mass is 16.2. The number of anilines is 1. The molecule has 0 saturated heterocycles. The minimum atomic E-state index is 0.237. The molecular formula is C18H20N2O. The monoisotopic (exact) mass is 280 g/mol. The Morgan fingerprint density at radius 1 is 1.10 bits per heavy atom. The third-order valence-electron chi connectivity index (χ3n) is 4.07. The molecule has 0 unspecified atom stereocenters. The van der Waals surface area contributed by atoms with E-state index < -0.39 is 0 Å². The number of nitrogens with zero attached hydrogens (tertiary/aromatic N) is 1. The third-order valence-corrected chi connectivity index (χ3v) is 4.07. The van der Waals surface area contributed by atoms with Crippen LogP contribution >= 0.6 is 0 Å². The van der Waals surface area contributed by atoms with Crippen molar-refractivity contribution in [3.05, 3.63) is 65.2 Å². The summed E-state index contributed by atoms with van der Waals surface area (Å²) in [6, 6.07) is 16.2. The molecule has 108 valence electrons. The summed E-state index contributed by atoms with van der Waals surface area (Å²) in [6.45, 7) is 1.51. The van der Waals surface area contributed by atoms with Gasteiger partial charge < -0.3 is 10.6 Å². The second kappa shape index (κ2) is 6.00. The Labute approximate surface area is 125 Å². The van der Waals surface area contributed by atoms with Crippen molar-refractivity contribution in [2.45, 2.75) is 25.8 Å². The van der Waals surface area contributed by atoms with Crippen LogP contribution in [0.5, 0.6) is 0 Å². The van der Waals surface area contributed by atoms with Crippen LogP contribution in [0.1, 0.15) is 23.1 Å². The first-order chi connectivity index (χ1) is 10.2. The van der Waals surface area contributed by atoms with E-state index in [4.69, 9.17) is 5.73 Å². The molecule has 0 spiro atoms. The summed E-state index contributed by atoms with van der Waals surface area (Å²) < 4.78 is 0. The van der Waals surface area contributed by atoms with Crippen LogP contribution in [0.2, 0.25) is 0 Å². The van der Waals surface area contributed by atoms with Gasteiger partial charge in [0.25, 0.3) is 0 Å². The van der Waals surface area contributed by atoms with Crippen molar-refractivity contribution in [1.82, 2.24) is 4.90 Å². The fourth-order valence-electron chi connectivity index (χ4n) is 2.84. The number of rotatable bonds is 3. The van der Waals surface area contributed by atoms with Crippen LogP contribution in [0.3, 0.4) is 0 Å². The van der Waals surface area contributed by atoms with E-state index in [-0.39, 0.29) is 5.91 Å². The maximum Gasteiger partial charge on any atom is 0.223 e. The molecule has 2 aromatic carbocycles. The molecule has 1 aliphatic rings. The SMILES string of the molecule is Nc1ccc2c(c1)CCN(C(=O)CCc1ccccc1)C2. The lowest BCUT2D eigenvalue weighted by Gasteiger charge is -2.29. The van der Waals surface area contributed by atoms with E-state index in [0.717, 1.165) is 25.1 Å². The number of nitrogen functional groups attached to an aromatic ring is 1. The zero-order valence-corrected chi connectivity index (χ0v) is 12.1. The molecule has 0 aromatic heterocycles. The van der Waals surface area contributed by atoms with Crippen molar-refractivity contribution in [3.63, 3.8) is 0 Å². The number of fused-ring (bicyclic) bond motifs is 1. The predicted octanol–water partition coefficient (Wildman–Crippen LogP) is 2.79. The van der Waals surface area contributed by atoms with Crippen molar-refractivity contribution in [3.8, 4) is 0 Å². The van der Waals surface area contributed by atoms with Gasteiger partial charge in [-0.05, 0) is 41.7 Å². The maximum absolute atomic E-state index is 12.3. The Balaban J connectivity index is 1.60. The van der Waals surface area contributed by atoms with Gasteiger partial charge in [-0.25, -0.2) is 0 Å². The van der Waals surface area contributed by atoms with Gasteiger partial charge in [0.05, 0.1) is 0 Å². The van der Waals surface area contributed by atoms with Crippen LogP contribution in [-0.4, -0.2) is 17.4 Å². The quantitative estimate of drug-likeness (QED) is 0.879. The van der Waals surface area contributed by atoms with Gasteiger partial charge in [-0.1, -0.05) is 36.4 Å². The zero-order chi connectivity index (χ0) is 14.7. The standard InChI is InChI=1S/C18H20N2O/c19-17-8-7-16-13-20(11-10-15(16)12-17)18(21)9-6-14-4-2-1-3-5-14/h1-5,7-8,12H,6,9-11,13,19H2. The summed E-state index contributed by atoms with van der Waals surface area (Å²) in [6.07, 6.45) is 2.29. The highest BCUT2D eigenvalue weighted by molar-refractivity contribution is 5.76. The van der Waals surface area contributed by atoms with Gasteiger partial charge in [0.1, 0.15) is 0 Å². The van der Waals surface area contributed by atoms with Crippen LogP contribution in [0.15, 0.2) is 48.5 Å². The Bertz CT molecular complexity index is 637. The molecule has 0 radical (unpaired) electrons. The van der Waals surface area contributed by atoms with Gasteiger partial charge in [-0.3, -0.25) is 4.79 Å². The smallest absolute Gasteiger partial charge is 0.223 e. The Morgan fingerprint density at radius 3 is 2.71 bits per heavy atom. The number of benzene rings is 2. The van der Waals surface area contributed by atoms with E-state index in [1.165, 1.54) is 16.7 Å². The van der Waals surface area contributed by atoms with Gasteiger partial charge in [0.15, 0.2) is 0 Å². The van der Waals surface area contributed by atoms with Crippen LogP contribution in [-0.2, 0) is 24.2 Å². The van der Waals surface area contributed by atoms with Gasteiger partial charge in [-0.2, -0.15) is 0 Å². The highest BCUT2D eigenvalue weighted by Crippen LogP contribution is 2.22. The van der Waals surface area contributed by atoms with Gasteiger partial charge in [0.2, 0.25) is 5.91 Å². The predicted molar refractivity (Wildman–Crippen MR) is 84.7 cm³/mol. The molecule has 3 rings (SSSR count). The molecule has 21 heavy (non-hydrogen) atoms. The number of nitrogens with two attached hydrogens (primary N) is 1. The Kier molecular flexibility index (Phi) is 3.91. The van der Waals surface area contributed by atoms with E-state index in [1.807, 2.05) is 41.3 Å². The van der Waals surface area contributed by atoms with Crippen molar-refractivity contribution in [1.29, 1.82) is 0 Å². The lowest BCUT2D eigenvalue weighted by molar-refractivity contribution is -0.132. The number of carbonyl (C=O) groups is 1. The molecule has 0 atom stereocenters. The molecule has 2 N–H and O–H groups in total. The molecule has 1 amide bonds. The van der Waals surface area contributed by atoms with Crippen LogP contribution < -0.4 is 5.73 Å². The van der Waals surface area contributed by atoms with E-state index in [1.54, 1.807) is 0 Å². The van der Waals surface area contributed by atoms with Crippen LogP contribution in [0, 0.1) is 0 Å². The number of amides is 1. The lowest BCUT2D eigenvalue weighted by Crippen LogP contribution is -2.36. The second-order valence-electron chi connectivity index (χ2n) is 5.58. The average Bonchev–Trinajstić information content (AvgIpc) is 2.53. The number of hydrogen-bond donors (Lipinski definition) is 1. The zero-order valence-electron chi connectivity index (χ0n) is 12.1. The second-order valence-corrected chi connectivity index (χ2v) is 5.58. The first-order valence-corrected chi connectivity index (χ1v) is 7.41. The fourth-order valence-corrected chi connectivity index (χ4v) is 2.84. The Morgan fingerprint density at radius 2 is 1.90 bits per heavy atom. The van der Waals surface area contributed by atoms with Crippen molar-refractivity contribution < 1.29 is 4.79 Å².